The zero-order chi connectivity index (χ0) is 10.6. The van der Waals surface area contributed by atoms with Gasteiger partial charge in [-0.2, -0.15) is 0 Å². The summed E-state index contributed by atoms with van der Waals surface area (Å²) >= 11 is 0. The van der Waals surface area contributed by atoms with Crippen molar-refractivity contribution in [3.63, 3.8) is 0 Å². The molecule has 1 atom stereocenters. The van der Waals surface area contributed by atoms with E-state index in [2.05, 4.69) is 18.9 Å². The first-order chi connectivity index (χ1) is 6.61. The molecular weight excluding hydrogens is 178 g/mol. The van der Waals surface area contributed by atoms with Crippen LogP contribution in [-0.4, -0.2) is 35.1 Å². The number of aliphatic carboxylic acids is 1. The van der Waals surface area contributed by atoms with Crippen molar-refractivity contribution in [2.75, 3.05) is 7.05 Å². The standard InChI is InChI=1S/C11H21NO2/c1-9(7-8-11(13)14)12(2)10-5-3-4-6-10/h9-10H,3-8H2,1-2H3,(H,13,14). The summed E-state index contributed by atoms with van der Waals surface area (Å²) in [5.41, 5.74) is 0. The molecule has 0 bridgehead atoms. The predicted molar refractivity (Wildman–Crippen MR) is 56.4 cm³/mol. The van der Waals surface area contributed by atoms with Crippen molar-refractivity contribution < 1.29 is 9.90 Å². The molecule has 0 aliphatic heterocycles. The Bertz CT molecular complexity index is 188. The summed E-state index contributed by atoms with van der Waals surface area (Å²) in [4.78, 5) is 12.8. The van der Waals surface area contributed by atoms with E-state index < -0.39 is 5.97 Å². The first kappa shape index (κ1) is 11.5. The minimum Gasteiger partial charge on any atom is -0.481 e. The number of carboxylic acids is 1. The van der Waals surface area contributed by atoms with Crippen LogP contribution in [0.4, 0.5) is 0 Å². The van der Waals surface area contributed by atoms with Crippen molar-refractivity contribution in [2.24, 2.45) is 0 Å². The molecule has 0 aromatic rings. The second kappa shape index (κ2) is 5.35. The lowest BCUT2D eigenvalue weighted by molar-refractivity contribution is -0.137. The summed E-state index contributed by atoms with van der Waals surface area (Å²) in [6.45, 7) is 2.13. The Hall–Kier alpha value is -0.570. The zero-order valence-corrected chi connectivity index (χ0v) is 9.20. The fraction of sp³-hybridized carbons (Fsp3) is 0.909. The van der Waals surface area contributed by atoms with E-state index in [0.717, 1.165) is 6.42 Å². The van der Waals surface area contributed by atoms with Gasteiger partial charge < -0.3 is 10.0 Å². The average molecular weight is 199 g/mol. The van der Waals surface area contributed by atoms with E-state index >= 15 is 0 Å². The number of carbonyl (C=O) groups is 1. The lowest BCUT2D eigenvalue weighted by atomic mass is 10.1. The van der Waals surface area contributed by atoms with Crippen LogP contribution in [0.2, 0.25) is 0 Å². The van der Waals surface area contributed by atoms with Crippen LogP contribution in [0.3, 0.4) is 0 Å². The summed E-state index contributed by atoms with van der Waals surface area (Å²) in [7, 11) is 2.13. The van der Waals surface area contributed by atoms with Crippen molar-refractivity contribution in [1.82, 2.24) is 4.90 Å². The SMILES string of the molecule is CC(CCC(=O)O)N(C)C1CCCC1. The first-order valence-corrected chi connectivity index (χ1v) is 5.55. The molecule has 1 aliphatic rings. The Morgan fingerprint density at radius 2 is 2.07 bits per heavy atom. The quantitative estimate of drug-likeness (QED) is 0.737. The molecule has 14 heavy (non-hydrogen) atoms. The molecular formula is C11H21NO2. The highest BCUT2D eigenvalue weighted by atomic mass is 16.4. The molecule has 0 radical (unpaired) electrons. The van der Waals surface area contributed by atoms with Crippen molar-refractivity contribution in [3.05, 3.63) is 0 Å². The minimum atomic E-state index is -0.684. The molecule has 0 aromatic heterocycles. The monoisotopic (exact) mass is 199 g/mol. The second-order valence-electron chi connectivity index (χ2n) is 4.39. The van der Waals surface area contributed by atoms with Crippen molar-refractivity contribution in [2.45, 2.75) is 57.5 Å². The van der Waals surface area contributed by atoms with Gasteiger partial charge in [0, 0.05) is 18.5 Å². The number of rotatable bonds is 5. The van der Waals surface area contributed by atoms with E-state index in [1.807, 2.05) is 0 Å². The molecule has 82 valence electrons. The topological polar surface area (TPSA) is 40.5 Å². The van der Waals surface area contributed by atoms with Gasteiger partial charge in [-0.1, -0.05) is 12.8 Å². The third-order valence-electron chi connectivity index (χ3n) is 3.37. The number of hydrogen-bond acceptors (Lipinski definition) is 2. The lowest BCUT2D eigenvalue weighted by Crippen LogP contribution is -2.37. The molecule has 1 aliphatic carbocycles. The Morgan fingerprint density at radius 1 is 1.50 bits per heavy atom. The van der Waals surface area contributed by atoms with Gasteiger partial charge in [0.2, 0.25) is 0 Å². The van der Waals surface area contributed by atoms with Crippen LogP contribution in [0.25, 0.3) is 0 Å². The first-order valence-electron chi connectivity index (χ1n) is 5.55. The molecule has 0 heterocycles. The van der Waals surface area contributed by atoms with Crippen LogP contribution >= 0.6 is 0 Å². The molecule has 3 nitrogen and oxygen atoms in total. The number of hydrogen-bond donors (Lipinski definition) is 1. The van der Waals surface area contributed by atoms with Crippen molar-refractivity contribution in [1.29, 1.82) is 0 Å². The molecule has 1 saturated carbocycles. The Kier molecular flexibility index (Phi) is 4.39. The Morgan fingerprint density at radius 3 is 2.57 bits per heavy atom. The van der Waals surface area contributed by atoms with Crippen LogP contribution in [0.5, 0.6) is 0 Å². The summed E-state index contributed by atoms with van der Waals surface area (Å²) in [5, 5.41) is 8.59. The maximum Gasteiger partial charge on any atom is 0.303 e. The van der Waals surface area contributed by atoms with Gasteiger partial charge in [-0.3, -0.25) is 4.79 Å². The third kappa shape index (κ3) is 3.29. The third-order valence-corrected chi connectivity index (χ3v) is 3.37. The molecule has 0 saturated heterocycles. The minimum absolute atomic E-state index is 0.290. The van der Waals surface area contributed by atoms with Crippen LogP contribution in [0, 0.1) is 0 Å². The Balaban J connectivity index is 2.27. The average Bonchev–Trinajstić information content (AvgIpc) is 2.65. The van der Waals surface area contributed by atoms with Gasteiger partial charge in [-0.05, 0) is 33.2 Å². The maximum atomic E-state index is 10.4. The largest absolute Gasteiger partial charge is 0.481 e. The van der Waals surface area contributed by atoms with E-state index in [0.29, 0.717) is 12.1 Å². The molecule has 1 N–H and O–H groups in total. The van der Waals surface area contributed by atoms with E-state index in [9.17, 15) is 4.79 Å². The highest BCUT2D eigenvalue weighted by Gasteiger charge is 2.23. The van der Waals surface area contributed by atoms with Crippen LogP contribution < -0.4 is 0 Å². The normalized spacial score (nSPS) is 20.2. The lowest BCUT2D eigenvalue weighted by Gasteiger charge is -2.30. The van der Waals surface area contributed by atoms with Gasteiger partial charge in [-0.15, -0.1) is 0 Å². The predicted octanol–water partition coefficient (Wildman–Crippen LogP) is 2.11. The van der Waals surface area contributed by atoms with Gasteiger partial charge in [0.15, 0.2) is 0 Å². The van der Waals surface area contributed by atoms with Crippen LogP contribution in [-0.2, 0) is 4.79 Å². The van der Waals surface area contributed by atoms with Crippen molar-refractivity contribution in [3.8, 4) is 0 Å². The fourth-order valence-electron chi connectivity index (χ4n) is 2.21. The van der Waals surface area contributed by atoms with E-state index in [4.69, 9.17) is 5.11 Å². The summed E-state index contributed by atoms with van der Waals surface area (Å²) in [6, 6.07) is 1.09. The molecule has 1 rings (SSSR count). The number of nitrogens with zero attached hydrogens (tertiary/aromatic N) is 1. The van der Waals surface area contributed by atoms with Gasteiger partial charge in [-0.25, -0.2) is 0 Å². The molecule has 1 unspecified atom stereocenters. The highest BCUT2D eigenvalue weighted by Crippen LogP contribution is 2.24. The molecule has 0 aromatic carbocycles. The molecule has 3 heteroatoms. The van der Waals surface area contributed by atoms with E-state index in [1.165, 1.54) is 25.7 Å². The zero-order valence-electron chi connectivity index (χ0n) is 9.20. The van der Waals surface area contributed by atoms with Gasteiger partial charge >= 0.3 is 5.97 Å². The van der Waals surface area contributed by atoms with Crippen molar-refractivity contribution >= 4 is 5.97 Å². The molecule has 0 amide bonds. The summed E-state index contributed by atoms with van der Waals surface area (Å²) in [5.74, 6) is -0.684. The molecule has 1 fully saturated rings. The number of carboxylic acid groups (broad SMARTS) is 1. The van der Waals surface area contributed by atoms with Gasteiger partial charge in [0.1, 0.15) is 0 Å². The van der Waals surface area contributed by atoms with Crippen LogP contribution in [0.1, 0.15) is 45.4 Å². The van der Waals surface area contributed by atoms with Gasteiger partial charge in [0.25, 0.3) is 0 Å². The van der Waals surface area contributed by atoms with Gasteiger partial charge in [0.05, 0.1) is 0 Å². The summed E-state index contributed by atoms with van der Waals surface area (Å²) in [6.07, 6.45) is 6.30. The maximum absolute atomic E-state index is 10.4. The highest BCUT2D eigenvalue weighted by molar-refractivity contribution is 5.66. The van der Waals surface area contributed by atoms with Crippen LogP contribution in [0.15, 0.2) is 0 Å². The second-order valence-corrected chi connectivity index (χ2v) is 4.39. The Labute approximate surface area is 86.1 Å². The smallest absolute Gasteiger partial charge is 0.303 e. The fourth-order valence-corrected chi connectivity index (χ4v) is 2.21. The molecule has 0 spiro atoms. The van der Waals surface area contributed by atoms with E-state index in [-0.39, 0.29) is 6.42 Å². The summed E-state index contributed by atoms with van der Waals surface area (Å²) < 4.78 is 0. The van der Waals surface area contributed by atoms with E-state index in [1.54, 1.807) is 0 Å².